The molecule has 32 heavy (non-hydrogen) atoms. The minimum absolute atomic E-state index is 0.0693. The lowest BCUT2D eigenvalue weighted by Gasteiger charge is -2.41. The number of hydrogen-bond acceptors (Lipinski definition) is 7. The molecule has 0 radical (unpaired) electrons. The standard InChI is InChI=1S/C23H28N4O5/c24-11-15-10-23(5-7-32-8-6-23)26(13-15)12-14-1-2-16-17(9-14)22(31)27(21(16)30)18-3-4-19(28)25-20(18)29/h1-2,9,15,18H,3-8,10-13,24H2,(H,25,28,29). The number of nitrogens with two attached hydrogens (primary N) is 1. The number of imide groups is 2. The molecule has 0 saturated carbocycles. The molecule has 9 heteroatoms. The Kier molecular flexibility index (Phi) is 5.35. The number of ether oxygens (including phenoxy) is 1. The van der Waals surface area contributed by atoms with E-state index >= 15 is 0 Å². The summed E-state index contributed by atoms with van der Waals surface area (Å²) in [5.41, 5.74) is 7.66. The van der Waals surface area contributed by atoms with E-state index in [0.717, 1.165) is 49.5 Å². The third kappa shape index (κ3) is 3.44. The highest BCUT2D eigenvalue weighted by Gasteiger charge is 2.47. The highest BCUT2D eigenvalue weighted by molar-refractivity contribution is 6.23. The van der Waals surface area contributed by atoms with Gasteiger partial charge < -0.3 is 10.5 Å². The van der Waals surface area contributed by atoms with Gasteiger partial charge >= 0.3 is 0 Å². The zero-order valence-corrected chi connectivity index (χ0v) is 18.0. The lowest BCUT2D eigenvalue weighted by molar-refractivity contribution is -0.136. The second-order valence-corrected chi connectivity index (χ2v) is 9.35. The van der Waals surface area contributed by atoms with Crippen molar-refractivity contribution in [3.8, 4) is 0 Å². The molecule has 4 amide bonds. The maximum absolute atomic E-state index is 13.1. The normalized spacial score (nSPS) is 27.8. The fourth-order valence-electron chi connectivity index (χ4n) is 5.74. The summed E-state index contributed by atoms with van der Waals surface area (Å²) in [4.78, 5) is 53.2. The number of likely N-dealkylation sites (tertiary alicyclic amines) is 1. The summed E-state index contributed by atoms with van der Waals surface area (Å²) in [5.74, 6) is -1.48. The van der Waals surface area contributed by atoms with Crippen LogP contribution in [0.4, 0.5) is 0 Å². The van der Waals surface area contributed by atoms with Gasteiger partial charge in [-0.05, 0) is 55.8 Å². The number of nitrogens with one attached hydrogen (secondary N) is 1. The van der Waals surface area contributed by atoms with E-state index in [-0.39, 0.29) is 24.3 Å². The third-order valence-corrected chi connectivity index (χ3v) is 7.45. The number of amides is 4. The number of nitrogens with zero attached hydrogens (tertiary/aromatic N) is 2. The van der Waals surface area contributed by atoms with Crippen molar-refractivity contribution in [2.24, 2.45) is 11.7 Å². The van der Waals surface area contributed by atoms with Crippen molar-refractivity contribution in [1.29, 1.82) is 0 Å². The summed E-state index contributed by atoms with van der Waals surface area (Å²) < 4.78 is 5.60. The Labute approximate surface area is 186 Å². The third-order valence-electron chi connectivity index (χ3n) is 7.45. The molecular weight excluding hydrogens is 412 g/mol. The second-order valence-electron chi connectivity index (χ2n) is 9.35. The van der Waals surface area contributed by atoms with Gasteiger partial charge in [0.15, 0.2) is 0 Å². The summed E-state index contributed by atoms with van der Waals surface area (Å²) in [5, 5.41) is 2.23. The second kappa shape index (κ2) is 8.06. The molecule has 3 N–H and O–H groups in total. The van der Waals surface area contributed by atoms with E-state index < -0.39 is 23.8 Å². The fourth-order valence-corrected chi connectivity index (χ4v) is 5.74. The van der Waals surface area contributed by atoms with Gasteiger partial charge in [-0.1, -0.05) is 6.07 Å². The van der Waals surface area contributed by atoms with Crippen LogP contribution in [0.15, 0.2) is 18.2 Å². The van der Waals surface area contributed by atoms with E-state index in [1.165, 1.54) is 0 Å². The zero-order valence-electron chi connectivity index (χ0n) is 18.0. The minimum atomic E-state index is -0.946. The van der Waals surface area contributed by atoms with Gasteiger partial charge in [0.2, 0.25) is 11.8 Å². The van der Waals surface area contributed by atoms with Crippen molar-refractivity contribution >= 4 is 23.6 Å². The van der Waals surface area contributed by atoms with E-state index in [4.69, 9.17) is 10.5 Å². The first-order valence-electron chi connectivity index (χ1n) is 11.3. The van der Waals surface area contributed by atoms with Crippen LogP contribution in [0.5, 0.6) is 0 Å². The van der Waals surface area contributed by atoms with Crippen LogP contribution in [0.2, 0.25) is 0 Å². The van der Waals surface area contributed by atoms with Crippen LogP contribution in [0.3, 0.4) is 0 Å². The van der Waals surface area contributed by atoms with Crippen LogP contribution >= 0.6 is 0 Å². The lowest BCUT2D eigenvalue weighted by atomic mass is 9.84. The van der Waals surface area contributed by atoms with E-state index in [0.29, 0.717) is 30.1 Å². The molecule has 4 aliphatic rings. The topological polar surface area (TPSA) is 122 Å². The van der Waals surface area contributed by atoms with Gasteiger partial charge in [-0.2, -0.15) is 0 Å². The molecule has 4 aliphatic heterocycles. The van der Waals surface area contributed by atoms with E-state index in [2.05, 4.69) is 10.2 Å². The maximum Gasteiger partial charge on any atom is 0.262 e. The average Bonchev–Trinajstić information content (AvgIpc) is 3.23. The number of carbonyl (C=O) groups is 4. The molecule has 9 nitrogen and oxygen atoms in total. The first-order chi connectivity index (χ1) is 15.4. The van der Waals surface area contributed by atoms with Crippen LogP contribution in [-0.2, 0) is 20.9 Å². The maximum atomic E-state index is 13.1. The zero-order chi connectivity index (χ0) is 22.5. The number of benzene rings is 1. The predicted octanol–water partition coefficient (Wildman–Crippen LogP) is 0.418. The summed E-state index contributed by atoms with van der Waals surface area (Å²) in [6.07, 6.45) is 3.25. The van der Waals surface area contributed by atoms with Crippen molar-refractivity contribution in [2.45, 2.75) is 50.2 Å². The molecule has 1 aromatic rings. The minimum Gasteiger partial charge on any atom is -0.381 e. The van der Waals surface area contributed by atoms with Gasteiger partial charge in [0.05, 0.1) is 11.1 Å². The molecule has 3 fully saturated rings. The Morgan fingerprint density at radius 2 is 1.84 bits per heavy atom. The number of carbonyl (C=O) groups excluding carboxylic acids is 4. The SMILES string of the molecule is NCC1CN(Cc2ccc3c(c2)C(=O)N(C2CCC(=O)NC2=O)C3=O)C2(CCOCC2)C1. The van der Waals surface area contributed by atoms with Gasteiger partial charge in [-0.3, -0.25) is 34.3 Å². The van der Waals surface area contributed by atoms with Crippen molar-refractivity contribution < 1.29 is 23.9 Å². The van der Waals surface area contributed by atoms with Crippen molar-refractivity contribution in [1.82, 2.24) is 15.1 Å². The average molecular weight is 441 g/mol. The van der Waals surface area contributed by atoms with Gasteiger partial charge in [0, 0.05) is 38.3 Å². The molecule has 0 aromatic heterocycles. The van der Waals surface area contributed by atoms with Gasteiger partial charge in [-0.25, -0.2) is 0 Å². The largest absolute Gasteiger partial charge is 0.381 e. The molecule has 3 saturated heterocycles. The molecule has 0 aliphatic carbocycles. The quantitative estimate of drug-likeness (QED) is 0.651. The molecule has 2 unspecified atom stereocenters. The molecule has 2 atom stereocenters. The molecule has 170 valence electrons. The fraction of sp³-hybridized carbons (Fsp3) is 0.565. The molecule has 1 aromatic carbocycles. The van der Waals surface area contributed by atoms with Crippen LogP contribution in [0, 0.1) is 5.92 Å². The van der Waals surface area contributed by atoms with Gasteiger partial charge in [-0.15, -0.1) is 0 Å². The van der Waals surface area contributed by atoms with Gasteiger partial charge in [0.1, 0.15) is 6.04 Å². The van der Waals surface area contributed by atoms with Crippen LogP contribution in [0.25, 0.3) is 0 Å². The number of hydrogen-bond donors (Lipinski definition) is 2. The van der Waals surface area contributed by atoms with Crippen LogP contribution < -0.4 is 11.1 Å². The first kappa shape index (κ1) is 21.2. The van der Waals surface area contributed by atoms with Crippen molar-refractivity contribution in [3.63, 3.8) is 0 Å². The molecule has 5 rings (SSSR count). The van der Waals surface area contributed by atoms with Crippen LogP contribution in [0.1, 0.15) is 58.4 Å². The van der Waals surface area contributed by atoms with Crippen LogP contribution in [-0.4, -0.2) is 71.3 Å². The lowest BCUT2D eigenvalue weighted by Crippen LogP contribution is -2.54. The Morgan fingerprint density at radius 1 is 1.09 bits per heavy atom. The Bertz CT molecular complexity index is 987. The monoisotopic (exact) mass is 440 g/mol. The molecule has 1 spiro atoms. The number of piperidine rings is 1. The van der Waals surface area contributed by atoms with Gasteiger partial charge in [0.25, 0.3) is 11.8 Å². The van der Waals surface area contributed by atoms with E-state index in [1.54, 1.807) is 12.1 Å². The summed E-state index contributed by atoms with van der Waals surface area (Å²) in [6.45, 7) is 3.71. The Balaban J connectivity index is 1.38. The van der Waals surface area contributed by atoms with E-state index in [9.17, 15) is 19.2 Å². The van der Waals surface area contributed by atoms with E-state index in [1.807, 2.05) is 6.07 Å². The highest BCUT2D eigenvalue weighted by Crippen LogP contribution is 2.41. The number of rotatable bonds is 4. The smallest absolute Gasteiger partial charge is 0.262 e. The molecular formula is C23H28N4O5. The molecule has 4 heterocycles. The van der Waals surface area contributed by atoms with Crippen molar-refractivity contribution in [2.75, 3.05) is 26.3 Å². The first-order valence-corrected chi connectivity index (χ1v) is 11.3. The Hall–Kier alpha value is -2.62. The summed E-state index contributed by atoms with van der Waals surface area (Å²) >= 11 is 0. The number of fused-ring (bicyclic) bond motifs is 1. The summed E-state index contributed by atoms with van der Waals surface area (Å²) in [6, 6.07) is 4.41. The van der Waals surface area contributed by atoms with Crippen molar-refractivity contribution in [3.05, 3.63) is 34.9 Å². The summed E-state index contributed by atoms with van der Waals surface area (Å²) in [7, 11) is 0. The highest BCUT2D eigenvalue weighted by atomic mass is 16.5. The molecule has 0 bridgehead atoms. The predicted molar refractivity (Wildman–Crippen MR) is 113 cm³/mol. The Morgan fingerprint density at radius 3 is 2.56 bits per heavy atom.